The lowest BCUT2D eigenvalue weighted by molar-refractivity contribution is 0.957. The standard InChI is InChI=1S/C13H15N/c1-10-4-2-3-5-13(10)11-6-8-12(14)9-7-11/h2-6,8H,7,9,14H2,1H3. The molecule has 1 heteroatoms. The average molecular weight is 185 g/mol. The number of rotatable bonds is 1. The molecular formula is C13H15N. The Bertz CT molecular complexity index is 399. The summed E-state index contributed by atoms with van der Waals surface area (Å²) >= 11 is 0. The maximum atomic E-state index is 5.73. The van der Waals surface area contributed by atoms with Crippen LogP contribution in [0.1, 0.15) is 24.0 Å². The lowest BCUT2D eigenvalue weighted by atomic mass is 9.93. The van der Waals surface area contributed by atoms with Gasteiger partial charge >= 0.3 is 0 Å². The second kappa shape index (κ2) is 3.70. The van der Waals surface area contributed by atoms with Gasteiger partial charge < -0.3 is 5.73 Å². The van der Waals surface area contributed by atoms with Crippen LogP contribution in [0.25, 0.3) is 5.57 Å². The van der Waals surface area contributed by atoms with Crippen LogP contribution in [-0.4, -0.2) is 0 Å². The molecule has 0 saturated heterocycles. The zero-order chi connectivity index (χ0) is 9.97. The molecule has 0 fully saturated rings. The predicted molar refractivity (Wildman–Crippen MR) is 60.7 cm³/mol. The molecule has 0 heterocycles. The molecule has 0 spiro atoms. The smallest absolute Gasteiger partial charge is 0.00839 e. The number of benzene rings is 1. The van der Waals surface area contributed by atoms with Crippen LogP contribution < -0.4 is 5.73 Å². The van der Waals surface area contributed by atoms with E-state index in [2.05, 4.69) is 37.3 Å². The minimum atomic E-state index is 0.986. The van der Waals surface area contributed by atoms with Crippen molar-refractivity contribution in [2.24, 2.45) is 5.73 Å². The van der Waals surface area contributed by atoms with E-state index >= 15 is 0 Å². The molecule has 1 aromatic carbocycles. The lowest BCUT2D eigenvalue weighted by Gasteiger charge is -2.14. The van der Waals surface area contributed by atoms with Crippen molar-refractivity contribution in [1.82, 2.24) is 0 Å². The van der Waals surface area contributed by atoms with Gasteiger partial charge in [-0.05, 0) is 42.5 Å². The molecule has 0 aromatic heterocycles. The molecular weight excluding hydrogens is 170 g/mol. The van der Waals surface area contributed by atoms with E-state index in [9.17, 15) is 0 Å². The van der Waals surface area contributed by atoms with E-state index in [1.165, 1.54) is 16.7 Å². The molecule has 2 rings (SSSR count). The van der Waals surface area contributed by atoms with Crippen LogP contribution in [0.3, 0.4) is 0 Å². The Hall–Kier alpha value is -1.50. The molecule has 0 aliphatic heterocycles. The number of nitrogens with two attached hydrogens (primary N) is 1. The summed E-state index contributed by atoms with van der Waals surface area (Å²) < 4.78 is 0. The maximum absolute atomic E-state index is 5.73. The Balaban J connectivity index is 2.37. The fraction of sp³-hybridized carbons (Fsp3) is 0.231. The fourth-order valence-corrected chi connectivity index (χ4v) is 1.81. The van der Waals surface area contributed by atoms with Gasteiger partial charge in [0.15, 0.2) is 0 Å². The third kappa shape index (κ3) is 1.72. The van der Waals surface area contributed by atoms with Crippen molar-refractivity contribution in [2.45, 2.75) is 19.8 Å². The van der Waals surface area contributed by atoms with E-state index in [1.54, 1.807) is 0 Å². The van der Waals surface area contributed by atoms with Crippen LogP contribution in [0.15, 0.2) is 42.1 Å². The van der Waals surface area contributed by atoms with E-state index in [4.69, 9.17) is 5.73 Å². The SMILES string of the molecule is Cc1ccccc1C1=CC=C(N)CC1. The maximum Gasteiger partial charge on any atom is 0.00839 e. The summed E-state index contributed by atoms with van der Waals surface area (Å²) in [5.74, 6) is 0. The van der Waals surface area contributed by atoms with E-state index in [1.807, 2.05) is 6.08 Å². The molecule has 0 saturated carbocycles. The zero-order valence-electron chi connectivity index (χ0n) is 8.46. The van der Waals surface area contributed by atoms with Crippen LogP contribution in [0.4, 0.5) is 0 Å². The summed E-state index contributed by atoms with van der Waals surface area (Å²) in [4.78, 5) is 0. The highest BCUT2D eigenvalue weighted by Gasteiger charge is 2.07. The van der Waals surface area contributed by atoms with Crippen molar-refractivity contribution in [1.29, 1.82) is 0 Å². The molecule has 0 unspecified atom stereocenters. The Morgan fingerprint density at radius 2 is 1.86 bits per heavy atom. The lowest BCUT2D eigenvalue weighted by Crippen LogP contribution is -2.01. The first-order valence-electron chi connectivity index (χ1n) is 4.98. The topological polar surface area (TPSA) is 26.0 Å². The highest BCUT2D eigenvalue weighted by molar-refractivity contribution is 5.70. The van der Waals surface area contributed by atoms with Crippen LogP contribution in [0.2, 0.25) is 0 Å². The molecule has 1 aliphatic carbocycles. The van der Waals surface area contributed by atoms with Gasteiger partial charge in [0.25, 0.3) is 0 Å². The summed E-state index contributed by atoms with van der Waals surface area (Å²) in [6, 6.07) is 8.49. The minimum absolute atomic E-state index is 0.986. The van der Waals surface area contributed by atoms with Gasteiger partial charge in [-0.15, -0.1) is 0 Å². The average Bonchev–Trinajstić information content (AvgIpc) is 2.20. The molecule has 1 aliphatic rings. The summed E-state index contributed by atoms with van der Waals surface area (Å²) in [6.07, 6.45) is 6.21. The molecule has 0 bridgehead atoms. The largest absolute Gasteiger partial charge is 0.402 e. The summed E-state index contributed by atoms with van der Waals surface area (Å²) in [6.45, 7) is 2.15. The second-order valence-electron chi connectivity index (χ2n) is 3.75. The number of allylic oxidation sites excluding steroid dienone is 4. The second-order valence-corrected chi connectivity index (χ2v) is 3.75. The summed E-state index contributed by atoms with van der Waals surface area (Å²) in [5.41, 5.74) is 10.8. The van der Waals surface area contributed by atoms with Crippen LogP contribution in [0, 0.1) is 6.92 Å². The Morgan fingerprint density at radius 1 is 1.07 bits per heavy atom. The van der Waals surface area contributed by atoms with Crippen molar-refractivity contribution in [2.75, 3.05) is 0 Å². The van der Waals surface area contributed by atoms with Gasteiger partial charge in [-0.2, -0.15) is 0 Å². The van der Waals surface area contributed by atoms with Gasteiger partial charge in [0, 0.05) is 5.70 Å². The van der Waals surface area contributed by atoms with Crippen LogP contribution >= 0.6 is 0 Å². The Labute approximate surface area is 84.9 Å². The molecule has 2 N–H and O–H groups in total. The number of hydrogen-bond acceptors (Lipinski definition) is 1. The first-order valence-corrected chi connectivity index (χ1v) is 4.98. The van der Waals surface area contributed by atoms with Crippen molar-refractivity contribution in [3.63, 3.8) is 0 Å². The highest BCUT2D eigenvalue weighted by Crippen LogP contribution is 2.26. The van der Waals surface area contributed by atoms with Gasteiger partial charge in [0.05, 0.1) is 0 Å². The first kappa shape index (κ1) is 9.07. The molecule has 14 heavy (non-hydrogen) atoms. The van der Waals surface area contributed by atoms with Crippen LogP contribution in [-0.2, 0) is 0 Å². The molecule has 0 radical (unpaired) electrons. The van der Waals surface area contributed by atoms with E-state index < -0.39 is 0 Å². The molecule has 1 nitrogen and oxygen atoms in total. The minimum Gasteiger partial charge on any atom is -0.402 e. The predicted octanol–water partition coefficient (Wildman–Crippen LogP) is 3.01. The Kier molecular flexibility index (Phi) is 2.40. The van der Waals surface area contributed by atoms with Gasteiger partial charge in [0.2, 0.25) is 0 Å². The number of aryl methyl sites for hydroxylation is 1. The number of hydrogen-bond donors (Lipinski definition) is 1. The Morgan fingerprint density at radius 3 is 2.50 bits per heavy atom. The van der Waals surface area contributed by atoms with Crippen molar-refractivity contribution >= 4 is 5.57 Å². The van der Waals surface area contributed by atoms with E-state index in [-0.39, 0.29) is 0 Å². The van der Waals surface area contributed by atoms with E-state index in [0.717, 1.165) is 18.5 Å². The van der Waals surface area contributed by atoms with Crippen LogP contribution in [0.5, 0.6) is 0 Å². The van der Waals surface area contributed by atoms with Crippen molar-refractivity contribution in [3.8, 4) is 0 Å². The molecule has 0 atom stereocenters. The van der Waals surface area contributed by atoms with Gasteiger partial charge in [-0.25, -0.2) is 0 Å². The van der Waals surface area contributed by atoms with Crippen molar-refractivity contribution in [3.05, 3.63) is 53.2 Å². The first-order chi connectivity index (χ1) is 6.77. The molecule has 72 valence electrons. The summed E-state index contributed by atoms with van der Waals surface area (Å²) in [5, 5.41) is 0. The normalized spacial score (nSPS) is 16.1. The third-order valence-electron chi connectivity index (χ3n) is 2.67. The van der Waals surface area contributed by atoms with Crippen molar-refractivity contribution < 1.29 is 0 Å². The quantitative estimate of drug-likeness (QED) is 0.715. The molecule has 0 amide bonds. The molecule has 1 aromatic rings. The third-order valence-corrected chi connectivity index (χ3v) is 2.67. The van der Waals surface area contributed by atoms with Gasteiger partial charge in [-0.3, -0.25) is 0 Å². The monoisotopic (exact) mass is 185 g/mol. The summed E-state index contributed by atoms with van der Waals surface area (Å²) in [7, 11) is 0. The van der Waals surface area contributed by atoms with Gasteiger partial charge in [-0.1, -0.05) is 30.3 Å². The van der Waals surface area contributed by atoms with E-state index in [0.29, 0.717) is 0 Å². The highest BCUT2D eigenvalue weighted by atomic mass is 14.6. The van der Waals surface area contributed by atoms with Gasteiger partial charge in [0.1, 0.15) is 0 Å². The fourth-order valence-electron chi connectivity index (χ4n) is 1.81. The zero-order valence-corrected chi connectivity index (χ0v) is 8.46.